The van der Waals surface area contributed by atoms with Crippen LogP contribution < -0.4 is 10.6 Å². The maximum atomic E-state index is 12.0. The van der Waals surface area contributed by atoms with Crippen LogP contribution in [0.1, 0.15) is 50.2 Å². The molecule has 1 saturated carbocycles. The molecular formula is C20H32N4O. The Morgan fingerprint density at radius 1 is 1.28 bits per heavy atom. The Morgan fingerprint density at radius 3 is 2.68 bits per heavy atom. The summed E-state index contributed by atoms with van der Waals surface area (Å²) in [5.41, 5.74) is 2.57. The molecule has 0 saturated heterocycles. The topological polar surface area (TPSA) is 56.7 Å². The third-order valence-corrected chi connectivity index (χ3v) is 4.69. The van der Waals surface area contributed by atoms with Crippen LogP contribution in [-0.4, -0.2) is 42.9 Å². The van der Waals surface area contributed by atoms with Gasteiger partial charge in [0, 0.05) is 32.6 Å². The molecule has 1 aromatic carbocycles. The molecule has 0 unspecified atom stereocenters. The first-order chi connectivity index (χ1) is 12.1. The van der Waals surface area contributed by atoms with Crippen molar-refractivity contribution >= 4 is 11.9 Å². The second-order valence-corrected chi connectivity index (χ2v) is 6.82. The van der Waals surface area contributed by atoms with E-state index in [0.717, 1.165) is 31.9 Å². The van der Waals surface area contributed by atoms with Crippen molar-refractivity contribution in [1.82, 2.24) is 15.5 Å². The van der Waals surface area contributed by atoms with E-state index in [1.807, 2.05) is 7.05 Å². The molecule has 0 spiro atoms. The van der Waals surface area contributed by atoms with Crippen LogP contribution in [0.5, 0.6) is 0 Å². The molecule has 0 aliphatic heterocycles. The highest BCUT2D eigenvalue weighted by Crippen LogP contribution is 2.17. The van der Waals surface area contributed by atoms with Crippen LogP contribution in [0.2, 0.25) is 0 Å². The number of benzene rings is 1. The van der Waals surface area contributed by atoms with Gasteiger partial charge in [-0.25, -0.2) is 0 Å². The quantitative estimate of drug-likeness (QED) is 0.591. The molecule has 0 bridgehead atoms. The van der Waals surface area contributed by atoms with Gasteiger partial charge < -0.3 is 15.5 Å². The molecule has 1 aromatic rings. The van der Waals surface area contributed by atoms with Gasteiger partial charge in [-0.1, -0.05) is 37.1 Å². The first kappa shape index (κ1) is 19.3. The molecular weight excluding hydrogens is 312 g/mol. The molecule has 5 nitrogen and oxygen atoms in total. The minimum Gasteiger partial charge on any atom is -0.357 e. The first-order valence-corrected chi connectivity index (χ1v) is 9.43. The lowest BCUT2D eigenvalue weighted by atomic mass is 10.1. The lowest BCUT2D eigenvalue weighted by Crippen LogP contribution is -2.39. The van der Waals surface area contributed by atoms with Crippen LogP contribution in [0.25, 0.3) is 0 Å². The molecule has 1 fully saturated rings. The minimum absolute atomic E-state index is 0.119. The molecule has 2 N–H and O–H groups in total. The monoisotopic (exact) mass is 344 g/mol. The largest absolute Gasteiger partial charge is 0.357 e. The predicted octanol–water partition coefficient (Wildman–Crippen LogP) is 2.84. The summed E-state index contributed by atoms with van der Waals surface area (Å²) in [4.78, 5) is 18.8. The van der Waals surface area contributed by atoms with Crippen LogP contribution in [0.3, 0.4) is 0 Å². The molecule has 138 valence electrons. The van der Waals surface area contributed by atoms with E-state index < -0.39 is 0 Å². The number of hydrogen-bond acceptors (Lipinski definition) is 2. The Bertz CT molecular complexity index is 579. The van der Waals surface area contributed by atoms with Gasteiger partial charge in [0.05, 0.1) is 6.54 Å². The van der Waals surface area contributed by atoms with Crippen molar-refractivity contribution in [3.8, 4) is 0 Å². The molecule has 1 amide bonds. The summed E-state index contributed by atoms with van der Waals surface area (Å²) in [5.74, 6) is 0.965. The first-order valence-electron chi connectivity index (χ1n) is 9.43. The minimum atomic E-state index is 0.119. The highest BCUT2D eigenvalue weighted by atomic mass is 16.1. The highest BCUT2D eigenvalue weighted by Gasteiger charge is 2.16. The number of aliphatic imine (C=N–C) groups is 1. The maximum absolute atomic E-state index is 12.0. The fourth-order valence-electron chi connectivity index (χ4n) is 3.22. The maximum Gasteiger partial charge on any atom is 0.222 e. The van der Waals surface area contributed by atoms with Crippen LogP contribution in [0.15, 0.2) is 29.3 Å². The summed E-state index contributed by atoms with van der Waals surface area (Å²) in [6.45, 7) is 6.31. The average molecular weight is 345 g/mol. The SMILES string of the molecule is CCNC(=NCCC(=O)NC1CCCC1)N(C)Cc1ccccc1C. The van der Waals surface area contributed by atoms with E-state index in [1.54, 1.807) is 0 Å². The van der Waals surface area contributed by atoms with Gasteiger partial charge in [-0.3, -0.25) is 9.79 Å². The zero-order valence-corrected chi connectivity index (χ0v) is 15.8. The number of guanidine groups is 1. The molecule has 0 aromatic heterocycles. The van der Waals surface area contributed by atoms with E-state index in [-0.39, 0.29) is 5.91 Å². The second kappa shape index (κ2) is 10.1. The van der Waals surface area contributed by atoms with E-state index in [9.17, 15) is 4.79 Å². The standard InChI is InChI=1S/C20H32N4O/c1-4-21-20(24(3)15-17-10-6-5-9-16(17)2)22-14-13-19(25)23-18-11-7-8-12-18/h5-6,9-10,18H,4,7-8,11-15H2,1-3H3,(H,21,22)(H,23,25). The van der Waals surface area contributed by atoms with Crippen LogP contribution in [-0.2, 0) is 11.3 Å². The van der Waals surface area contributed by atoms with Crippen LogP contribution in [0.4, 0.5) is 0 Å². The number of carbonyl (C=O) groups is 1. The second-order valence-electron chi connectivity index (χ2n) is 6.82. The summed E-state index contributed by atoms with van der Waals surface area (Å²) in [7, 11) is 2.03. The normalized spacial score (nSPS) is 15.2. The number of nitrogens with one attached hydrogen (secondary N) is 2. The molecule has 0 atom stereocenters. The van der Waals surface area contributed by atoms with Gasteiger partial charge in [-0.2, -0.15) is 0 Å². The predicted molar refractivity (Wildman–Crippen MR) is 104 cm³/mol. The number of carbonyl (C=O) groups excluding carboxylic acids is 1. The zero-order chi connectivity index (χ0) is 18.1. The van der Waals surface area contributed by atoms with Crippen molar-refractivity contribution in [2.75, 3.05) is 20.1 Å². The van der Waals surface area contributed by atoms with Crippen molar-refractivity contribution in [3.05, 3.63) is 35.4 Å². The lowest BCUT2D eigenvalue weighted by Gasteiger charge is -2.23. The number of amides is 1. The fourth-order valence-corrected chi connectivity index (χ4v) is 3.22. The summed E-state index contributed by atoms with van der Waals surface area (Å²) < 4.78 is 0. The molecule has 0 radical (unpaired) electrons. The number of nitrogens with zero attached hydrogens (tertiary/aromatic N) is 2. The van der Waals surface area contributed by atoms with Crippen molar-refractivity contribution < 1.29 is 4.79 Å². The summed E-state index contributed by atoms with van der Waals surface area (Å²) in [6, 6.07) is 8.77. The Labute approximate surface area is 151 Å². The molecule has 0 heterocycles. The summed E-state index contributed by atoms with van der Waals surface area (Å²) >= 11 is 0. The van der Waals surface area contributed by atoms with Crippen molar-refractivity contribution in [2.45, 2.75) is 58.5 Å². The van der Waals surface area contributed by atoms with Gasteiger partial charge in [0.1, 0.15) is 0 Å². The smallest absolute Gasteiger partial charge is 0.222 e. The van der Waals surface area contributed by atoms with Crippen molar-refractivity contribution in [3.63, 3.8) is 0 Å². The highest BCUT2D eigenvalue weighted by molar-refractivity contribution is 5.81. The summed E-state index contributed by atoms with van der Waals surface area (Å²) in [6.07, 6.45) is 5.16. The number of aryl methyl sites for hydroxylation is 1. The fraction of sp³-hybridized carbons (Fsp3) is 0.600. The van der Waals surface area contributed by atoms with E-state index in [2.05, 4.69) is 58.6 Å². The van der Waals surface area contributed by atoms with Gasteiger partial charge >= 0.3 is 0 Å². The Balaban J connectivity index is 1.86. The van der Waals surface area contributed by atoms with E-state index in [1.165, 1.54) is 24.0 Å². The van der Waals surface area contributed by atoms with E-state index >= 15 is 0 Å². The molecule has 25 heavy (non-hydrogen) atoms. The van der Waals surface area contributed by atoms with Crippen molar-refractivity contribution in [2.24, 2.45) is 4.99 Å². The Morgan fingerprint density at radius 2 is 2.00 bits per heavy atom. The zero-order valence-electron chi connectivity index (χ0n) is 15.8. The third kappa shape index (κ3) is 6.40. The Kier molecular flexibility index (Phi) is 7.76. The van der Waals surface area contributed by atoms with E-state index in [4.69, 9.17) is 0 Å². The molecule has 1 aliphatic carbocycles. The molecule has 5 heteroatoms. The average Bonchev–Trinajstić information content (AvgIpc) is 3.09. The summed E-state index contributed by atoms with van der Waals surface area (Å²) in [5, 5.41) is 6.43. The van der Waals surface area contributed by atoms with Gasteiger partial charge in [0.15, 0.2) is 5.96 Å². The van der Waals surface area contributed by atoms with Crippen LogP contribution in [0, 0.1) is 6.92 Å². The van der Waals surface area contributed by atoms with E-state index in [0.29, 0.717) is 19.0 Å². The Hall–Kier alpha value is -2.04. The van der Waals surface area contributed by atoms with Gasteiger partial charge in [-0.05, 0) is 37.8 Å². The third-order valence-electron chi connectivity index (χ3n) is 4.69. The van der Waals surface area contributed by atoms with Crippen molar-refractivity contribution in [1.29, 1.82) is 0 Å². The lowest BCUT2D eigenvalue weighted by molar-refractivity contribution is -0.121. The van der Waals surface area contributed by atoms with Gasteiger partial charge in [0.2, 0.25) is 5.91 Å². The van der Waals surface area contributed by atoms with Crippen LogP contribution >= 0.6 is 0 Å². The van der Waals surface area contributed by atoms with Gasteiger partial charge in [-0.15, -0.1) is 0 Å². The van der Waals surface area contributed by atoms with Gasteiger partial charge in [0.25, 0.3) is 0 Å². The molecule has 2 rings (SSSR count). The number of hydrogen-bond donors (Lipinski definition) is 2. The number of rotatable bonds is 7. The molecule has 1 aliphatic rings.